The lowest BCUT2D eigenvalue weighted by atomic mass is 10.1. The smallest absolute Gasteiger partial charge is 0.118 e. The number of imidazole rings is 1. The molecule has 1 aliphatic rings. The van der Waals surface area contributed by atoms with E-state index in [1.54, 1.807) is 7.11 Å². The summed E-state index contributed by atoms with van der Waals surface area (Å²) in [6, 6.07) is 8.10. The number of rotatable bonds is 2. The normalized spacial score (nSPS) is 13.0. The fraction of sp³-hybridized carbons (Fsp3) is 0.308. The van der Waals surface area contributed by atoms with E-state index in [9.17, 15) is 0 Å². The Labute approximate surface area is 111 Å². The van der Waals surface area contributed by atoms with Gasteiger partial charge in [-0.2, -0.15) is 0 Å². The highest BCUT2D eigenvalue weighted by Gasteiger charge is 2.16. The van der Waals surface area contributed by atoms with Crippen LogP contribution >= 0.6 is 0 Å². The molecule has 0 amide bonds. The van der Waals surface area contributed by atoms with Crippen molar-refractivity contribution >= 4 is 0 Å². The predicted octanol–water partition coefficient (Wildman–Crippen LogP) is -0.491. The van der Waals surface area contributed by atoms with Crippen molar-refractivity contribution in [2.75, 3.05) is 7.11 Å². The SMILES string of the molecule is COc1ccc(-c2ncn3c2CCC3)cc1.[Br-]. The van der Waals surface area contributed by atoms with Crippen LogP contribution in [0, 0.1) is 0 Å². The van der Waals surface area contributed by atoms with Crippen LogP contribution in [-0.4, -0.2) is 16.7 Å². The van der Waals surface area contributed by atoms with E-state index in [2.05, 4.69) is 21.7 Å². The maximum absolute atomic E-state index is 5.15. The summed E-state index contributed by atoms with van der Waals surface area (Å²) in [4.78, 5) is 4.49. The first-order valence-electron chi connectivity index (χ1n) is 5.57. The number of halogens is 1. The van der Waals surface area contributed by atoms with Crippen molar-refractivity contribution in [2.24, 2.45) is 0 Å². The fourth-order valence-corrected chi connectivity index (χ4v) is 2.27. The average molecular weight is 294 g/mol. The number of hydrogen-bond donors (Lipinski definition) is 0. The lowest BCUT2D eigenvalue weighted by Crippen LogP contribution is -3.00. The molecular formula is C13H14BrN2O-. The quantitative estimate of drug-likeness (QED) is 0.747. The van der Waals surface area contributed by atoms with Gasteiger partial charge in [0.25, 0.3) is 0 Å². The lowest BCUT2D eigenvalue weighted by molar-refractivity contribution is -0.00000360. The molecule has 1 aromatic heterocycles. The third-order valence-electron chi connectivity index (χ3n) is 3.12. The van der Waals surface area contributed by atoms with Crippen molar-refractivity contribution in [3.63, 3.8) is 0 Å². The van der Waals surface area contributed by atoms with Gasteiger partial charge in [-0.25, -0.2) is 4.98 Å². The number of benzene rings is 1. The van der Waals surface area contributed by atoms with Gasteiger partial charge in [0.2, 0.25) is 0 Å². The molecule has 1 aliphatic heterocycles. The Morgan fingerprint density at radius 3 is 2.71 bits per heavy atom. The van der Waals surface area contributed by atoms with Gasteiger partial charge in [0.05, 0.1) is 19.1 Å². The Balaban J connectivity index is 0.00000108. The van der Waals surface area contributed by atoms with Crippen molar-refractivity contribution in [3.05, 3.63) is 36.3 Å². The van der Waals surface area contributed by atoms with E-state index >= 15 is 0 Å². The molecule has 1 aromatic carbocycles. The van der Waals surface area contributed by atoms with Gasteiger partial charge in [-0.15, -0.1) is 0 Å². The highest BCUT2D eigenvalue weighted by Crippen LogP contribution is 2.28. The summed E-state index contributed by atoms with van der Waals surface area (Å²) in [6.07, 6.45) is 4.32. The standard InChI is InChI=1S/C13H14N2O.BrH/c1-16-11-6-4-10(5-7-11)13-12-3-2-8-15(12)9-14-13;/h4-7,9H,2-3,8H2,1H3;1H/p-1. The number of hydrogen-bond acceptors (Lipinski definition) is 2. The average Bonchev–Trinajstić information content (AvgIpc) is 2.91. The first kappa shape index (κ1) is 12.2. The first-order chi connectivity index (χ1) is 7.88. The van der Waals surface area contributed by atoms with Gasteiger partial charge < -0.3 is 26.3 Å². The summed E-state index contributed by atoms with van der Waals surface area (Å²) >= 11 is 0. The van der Waals surface area contributed by atoms with Gasteiger partial charge in [0.15, 0.2) is 0 Å². The summed E-state index contributed by atoms with van der Waals surface area (Å²) in [6.45, 7) is 1.11. The zero-order chi connectivity index (χ0) is 11.0. The Morgan fingerprint density at radius 1 is 1.24 bits per heavy atom. The predicted molar refractivity (Wildman–Crippen MR) is 62.5 cm³/mol. The molecule has 0 unspecified atom stereocenters. The molecule has 4 heteroatoms. The Bertz CT molecular complexity index is 505. The van der Waals surface area contributed by atoms with Crippen LogP contribution in [0.5, 0.6) is 5.75 Å². The van der Waals surface area contributed by atoms with Crippen LogP contribution in [0.3, 0.4) is 0 Å². The van der Waals surface area contributed by atoms with Gasteiger partial charge >= 0.3 is 0 Å². The maximum atomic E-state index is 5.15. The number of aromatic nitrogens is 2. The van der Waals surface area contributed by atoms with Crippen LogP contribution in [0.1, 0.15) is 12.1 Å². The summed E-state index contributed by atoms with van der Waals surface area (Å²) in [7, 11) is 1.68. The van der Waals surface area contributed by atoms with E-state index in [0.717, 1.165) is 24.4 Å². The molecule has 0 radical (unpaired) electrons. The molecule has 3 rings (SSSR count). The molecule has 0 fully saturated rings. The van der Waals surface area contributed by atoms with Crippen molar-refractivity contribution in [1.29, 1.82) is 0 Å². The van der Waals surface area contributed by atoms with Crippen molar-refractivity contribution in [3.8, 4) is 17.0 Å². The summed E-state index contributed by atoms with van der Waals surface area (Å²) in [5.74, 6) is 0.889. The number of aryl methyl sites for hydroxylation is 1. The lowest BCUT2D eigenvalue weighted by Gasteiger charge is -2.02. The number of methoxy groups -OCH3 is 1. The van der Waals surface area contributed by atoms with Crippen LogP contribution in [0.25, 0.3) is 11.3 Å². The summed E-state index contributed by atoms with van der Waals surface area (Å²) < 4.78 is 7.40. The van der Waals surface area contributed by atoms with E-state index in [1.807, 2.05) is 18.5 Å². The molecular weight excluding hydrogens is 280 g/mol. The molecule has 3 nitrogen and oxygen atoms in total. The molecule has 0 N–H and O–H groups in total. The second kappa shape index (κ2) is 4.92. The Morgan fingerprint density at radius 2 is 2.00 bits per heavy atom. The van der Waals surface area contributed by atoms with Gasteiger partial charge in [0.1, 0.15) is 5.75 Å². The number of fused-ring (bicyclic) bond motifs is 1. The fourth-order valence-electron chi connectivity index (χ4n) is 2.27. The molecule has 17 heavy (non-hydrogen) atoms. The van der Waals surface area contributed by atoms with Crippen LogP contribution in [-0.2, 0) is 13.0 Å². The zero-order valence-electron chi connectivity index (χ0n) is 9.69. The molecule has 0 saturated carbocycles. The van der Waals surface area contributed by atoms with Gasteiger partial charge in [0, 0.05) is 17.8 Å². The van der Waals surface area contributed by atoms with Gasteiger partial charge in [-0.3, -0.25) is 0 Å². The van der Waals surface area contributed by atoms with E-state index in [4.69, 9.17) is 4.74 Å². The number of nitrogens with zero attached hydrogens (tertiary/aromatic N) is 2. The topological polar surface area (TPSA) is 27.1 Å². The third kappa shape index (κ3) is 2.09. The van der Waals surface area contributed by atoms with Crippen LogP contribution in [0.15, 0.2) is 30.6 Å². The minimum Gasteiger partial charge on any atom is -1.00 e. The van der Waals surface area contributed by atoms with E-state index < -0.39 is 0 Å². The monoisotopic (exact) mass is 293 g/mol. The van der Waals surface area contributed by atoms with E-state index in [-0.39, 0.29) is 17.0 Å². The zero-order valence-corrected chi connectivity index (χ0v) is 11.3. The van der Waals surface area contributed by atoms with Crippen LogP contribution in [0.4, 0.5) is 0 Å². The highest BCUT2D eigenvalue weighted by molar-refractivity contribution is 5.63. The molecule has 0 spiro atoms. The molecule has 0 atom stereocenters. The molecule has 2 aromatic rings. The maximum Gasteiger partial charge on any atom is 0.118 e. The number of ether oxygens (including phenoxy) is 1. The molecule has 0 aliphatic carbocycles. The van der Waals surface area contributed by atoms with Crippen LogP contribution in [0.2, 0.25) is 0 Å². The second-order valence-corrected chi connectivity index (χ2v) is 4.07. The second-order valence-electron chi connectivity index (χ2n) is 4.07. The van der Waals surface area contributed by atoms with E-state index in [0.29, 0.717) is 0 Å². The summed E-state index contributed by atoms with van der Waals surface area (Å²) in [5, 5.41) is 0. The van der Waals surface area contributed by atoms with E-state index in [1.165, 1.54) is 17.7 Å². The van der Waals surface area contributed by atoms with Crippen molar-refractivity contribution < 1.29 is 21.7 Å². The minimum absolute atomic E-state index is 0. The largest absolute Gasteiger partial charge is 1.00 e. The first-order valence-corrected chi connectivity index (χ1v) is 5.57. The third-order valence-corrected chi connectivity index (χ3v) is 3.12. The van der Waals surface area contributed by atoms with Crippen molar-refractivity contribution in [1.82, 2.24) is 9.55 Å². The molecule has 2 heterocycles. The van der Waals surface area contributed by atoms with Gasteiger partial charge in [-0.05, 0) is 37.1 Å². The minimum atomic E-state index is 0. The Kier molecular flexibility index (Phi) is 3.52. The van der Waals surface area contributed by atoms with Crippen LogP contribution < -0.4 is 21.7 Å². The molecule has 0 bridgehead atoms. The molecule has 0 saturated heterocycles. The van der Waals surface area contributed by atoms with Crippen molar-refractivity contribution in [2.45, 2.75) is 19.4 Å². The summed E-state index contributed by atoms with van der Waals surface area (Å²) in [5.41, 5.74) is 3.67. The highest BCUT2D eigenvalue weighted by atomic mass is 79.9. The molecule has 90 valence electrons. The Hall–Kier alpha value is -1.29. The van der Waals surface area contributed by atoms with Gasteiger partial charge in [-0.1, -0.05) is 0 Å².